The summed E-state index contributed by atoms with van der Waals surface area (Å²) in [6.07, 6.45) is 4.41. The zero-order chi connectivity index (χ0) is 12.7. The predicted octanol–water partition coefficient (Wildman–Crippen LogP) is 2.23. The molecule has 1 aromatic heterocycles. The van der Waals surface area contributed by atoms with Crippen LogP contribution in [0.2, 0.25) is 0 Å². The molecule has 0 amide bonds. The highest BCUT2D eigenvalue weighted by Gasteiger charge is 2.21. The Morgan fingerprint density at radius 1 is 1.41 bits per heavy atom. The summed E-state index contributed by atoms with van der Waals surface area (Å²) in [7, 11) is 0. The lowest BCUT2D eigenvalue weighted by molar-refractivity contribution is 0.0360. The fraction of sp³-hybridized carbons (Fsp3) is 0.800. The number of nitrogens with two attached hydrogens (primary N) is 1. The molecular formula is C10H19N3OS3. The van der Waals surface area contributed by atoms with E-state index >= 15 is 0 Å². The van der Waals surface area contributed by atoms with E-state index in [9.17, 15) is 5.11 Å². The Morgan fingerprint density at radius 3 is 2.65 bits per heavy atom. The van der Waals surface area contributed by atoms with Gasteiger partial charge in [-0.15, -0.1) is 10.2 Å². The third-order valence-electron chi connectivity index (χ3n) is 2.61. The van der Waals surface area contributed by atoms with Crippen LogP contribution >= 0.6 is 34.9 Å². The van der Waals surface area contributed by atoms with Gasteiger partial charge in [0.25, 0.3) is 0 Å². The molecule has 3 N–H and O–H groups in total. The van der Waals surface area contributed by atoms with Crippen molar-refractivity contribution >= 4 is 34.9 Å². The largest absolute Gasteiger partial charge is 0.389 e. The molecule has 98 valence electrons. The van der Waals surface area contributed by atoms with Crippen molar-refractivity contribution in [1.29, 1.82) is 0 Å². The third-order valence-corrected chi connectivity index (χ3v) is 5.73. The van der Waals surface area contributed by atoms with Gasteiger partial charge in [-0.3, -0.25) is 0 Å². The van der Waals surface area contributed by atoms with Crippen LogP contribution < -0.4 is 5.73 Å². The van der Waals surface area contributed by atoms with E-state index < -0.39 is 5.60 Å². The fourth-order valence-electron chi connectivity index (χ4n) is 1.32. The number of aromatic nitrogens is 2. The second-order valence-corrected chi connectivity index (χ2v) is 7.14. The SMILES string of the molecule is CCC(O)(CN)CCCSc1nnc(SC)s1. The van der Waals surface area contributed by atoms with E-state index in [4.69, 9.17) is 5.73 Å². The Kier molecular flexibility index (Phi) is 6.79. The Balaban J connectivity index is 2.24. The van der Waals surface area contributed by atoms with Gasteiger partial charge in [-0.1, -0.05) is 41.8 Å². The lowest BCUT2D eigenvalue weighted by Gasteiger charge is -2.24. The number of hydrogen-bond donors (Lipinski definition) is 2. The smallest absolute Gasteiger partial charge is 0.175 e. The molecule has 0 saturated heterocycles. The van der Waals surface area contributed by atoms with E-state index in [2.05, 4.69) is 10.2 Å². The van der Waals surface area contributed by atoms with E-state index in [-0.39, 0.29) is 0 Å². The van der Waals surface area contributed by atoms with Crippen LogP contribution in [0.4, 0.5) is 0 Å². The van der Waals surface area contributed by atoms with E-state index in [0.717, 1.165) is 27.3 Å². The third kappa shape index (κ3) is 5.13. The van der Waals surface area contributed by atoms with Gasteiger partial charge in [0.2, 0.25) is 0 Å². The summed E-state index contributed by atoms with van der Waals surface area (Å²) in [6.45, 7) is 2.30. The molecule has 1 heterocycles. The number of thioether (sulfide) groups is 2. The Morgan fingerprint density at radius 2 is 2.12 bits per heavy atom. The van der Waals surface area contributed by atoms with Gasteiger partial charge in [0.15, 0.2) is 8.68 Å². The molecule has 0 aromatic carbocycles. The molecule has 0 aliphatic carbocycles. The van der Waals surface area contributed by atoms with Crippen molar-refractivity contribution in [3.8, 4) is 0 Å². The summed E-state index contributed by atoms with van der Waals surface area (Å²) in [6, 6.07) is 0. The second kappa shape index (κ2) is 7.58. The molecule has 0 aliphatic rings. The minimum atomic E-state index is -0.688. The van der Waals surface area contributed by atoms with Crippen molar-refractivity contribution in [2.75, 3.05) is 18.6 Å². The van der Waals surface area contributed by atoms with Crippen molar-refractivity contribution in [2.45, 2.75) is 40.5 Å². The molecule has 0 spiro atoms. The normalized spacial score (nSPS) is 14.8. The van der Waals surface area contributed by atoms with Crippen LogP contribution in [0, 0.1) is 0 Å². The molecule has 1 atom stereocenters. The maximum Gasteiger partial charge on any atom is 0.175 e. The maximum atomic E-state index is 10.0. The van der Waals surface area contributed by atoms with E-state index in [1.54, 1.807) is 34.9 Å². The highest BCUT2D eigenvalue weighted by atomic mass is 32.2. The van der Waals surface area contributed by atoms with Gasteiger partial charge in [0.05, 0.1) is 5.60 Å². The van der Waals surface area contributed by atoms with Crippen LogP contribution in [0.15, 0.2) is 8.68 Å². The number of hydrogen-bond acceptors (Lipinski definition) is 7. The monoisotopic (exact) mass is 293 g/mol. The van der Waals surface area contributed by atoms with Gasteiger partial charge in [-0.05, 0) is 25.5 Å². The van der Waals surface area contributed by atoms with Crippen molar-refractivity contribution in [2.24, 2.45) is 5.73 Å². The van der Waals surface area contributed by atoms with Crippen LogP contribution in [0.1, 0.15) is 26.2 Å². The van der Waals surface area contributed by atoms with E-state index in [1.165, 1.54) is 0 Å². The zero-order valence-corrected chi connectivity index (χ0v) is 12.6. The molecule has 7 heteroatoms. The number of nitrogens with zero attached hydrogens (tertiary/aromatic N) is 2. The van der Waals surface area contributed by atoms with Crippen molar-refractivity contribution in [3.63, 3.8) is 0 Å². The molecule has 0 fully saturated rings. The number of aliphatic hydroxyl groups is 1. The summed E-state index contributed by atoms with van der Waals surface area (Å²) in [5, 5.41) is 18.1. The average molecular weight is 293 g/mol. The van der Waals surface area contributed by atoms with Gasteiger partial charge >= 0.3 is 0 Å². The van der Waals surface area contributed by atoms with Crippen LogP contribution in [-0.4, -0.2) is 39.5 Å². The van der Waals surface area contributed by atoms with E-state index in [1.807, 2.05) is 13.2 Å². The Hall–Kier alpha value is 0.180. The minimum absolute atomic E-state index is 0.337. The van der Waals surface area contributed by atoms with Gasteiger partial charge in [-0.2, -0.15) is 0 Å². The van der Waals surface area contributed by atoms with Crippen molar-refractivity contribution in [1.82, 2.24) is 10.2 Å². The van der Waals surface area contributed by atoms with Crippen LogP contribution in [0.25, 0.3) is 0 Å². The molecule has 0 bridgehead atoms. The van der Waals surface area contributed by atoms with Crippen LogP contribution in [0.3, 0.4) is 0 Å². The fourth-order valence-corrected chi connectivity index (χ4v) is 3.77. The van der Waals surface area contributed by atoms with E-state index in [0.29, 0.717) is 13.0 Å². The molecule has 1 unspecified atom stereocenters. The highest BCUT2D eigenvalue weighted by Crippen LogP contribution is 2.28. The van der Waals surface area contributed by atoms with Crippen molar-refractivity contribution in [3.05, 3.63) is 0 Å². The van der Waals surface area contributed by atoms with Gasteiger partial charge in [-0.25, -0.2) is 0 Å². The van der Waals surface area contributed by atoms with Crippen LogP contribution in [0.5, 0.6) is 0 Å². The minimum Gasteiger partial charge on any atom is -0.389 e. The molecule has 17 heavy (non-hydrogen) atoms. The average Bonchev–Trinajstić information content (AvgIpc) is 2.82. The summed E-state index contributed by atoms with van der Waals surface area (Å²) in [4.78, 5) is 0. The lowest BCUT2D eigenvalue weighted by Crippen LogP contribution is -2.36. The molecule has 0 saturated carbocycles. The Bertz CT molecular complexity index is 328. The first-order valence-corrected chi connectivity index (χ1v) is 8.59. The quantitative estimate of drug-likeness (QED) is 0.566. The Labute approximate surface area is 115 Å². The molecule has 0 aliphatic heterocycles. The standard InChI is InChI=1S/C10H19N3OS3/c1-3-10(14,7-11)5-4-6-16-9-13-12-8(15-2)17-9/h14H,3-7,11H2,1-2H3. The van der Waals surface area contributed by atoms with Gasteiger partial charge < -0.3 is 10.8 Å². The van der Waals surface area contributed by atoms with Crippen LogP contribution in [-0.2, 0) is 0 Å². The van der Waals surface area contributed by atoms with Gasteiger partial charge in [0, 0.05) is 12.3 Å². The first-order chi connectivity index (χ1) is 8.13. The maximum absolute atomic E-state index is 10.0. The summed E-state index contributed by atoms with van der Waals surface area (Å²) < 4.78 is 2.00. The molecule has 1 aromatic rings. The molecule has 1 rings (SSSR count). The molecule has 4 nitrogen and oxygen atoms in total. The number of rotatable bonds is 8. The molecular weight excluding hydrogens is 274 g/mol. The first-order valence-electron chi connectivity index (χ1n) is 5.56. The summed E-state index contributed by atoms with van der Waals surface area (Å²) in [5.74, 6) is 0.950. The predicted molar refractivity (Wildman–Crippen MR) is 75.9 cm³/mol. The molecule has 0 radical (unpaired) electrons. The second-order valence-electron chi connectivity index (χ2n) is 3.77. The highest BCUT2D eigenvalue weighted by molar-refractivity contribution is 8.02. The lowest BCUT2D eigenvalue weighted by atomic mass is 9.95. The summed E-state index contributed by atoms with van der Waals surface area (Å²) in [5.41, 5.74) is 4.86. The zero-order valence-electron chi connectivity index (χ0n) is 10.2. The first kappa shape index (κ1) is 15.2. The van der Waals surface area contributed by atoms with Crippen molar-refractivity contribution < 1.29 is 5.11 Å². The topological polar surface area (TPSA) is 72.0 Å². The van der Waals surface area contributed by atoms with Gasteiger partial charge in [0.1, 0.15) is 0 Å². The summed E-state index contributed by atoms with van der Waals surface area (Å²) >= 11 is 4.93.